The Kier molecular flexibility index (Phi) is 4.12. The van der Waals surface area contributed by atoms with E-state index >= 15 is 0 Å². The summed E-state index contributed by atoms with van der Waals surface area (Å²) in [6.45, 7) is 6.80. The van der Waals surface area contributed by atoms with Crippen molar-refractivity contribution < 1.29 is 4.39 Å². The van der Waals surface area contributed by atoms with Crippen LogP contribution in [0.1, 0.15) is 51.6 Å². The van der Waals surface area contributed by atoms with Crippen molar-refractivity contribution in [2.24, 2.45) is 5.41 Å². The average Bonchev–Trinajstić information content (AvgIpc) is 2.57. The molecule has 2 atom stereocenters. The molecule has 1 aromatic rings. The quantitative estimate of drug-likeness (QED) is 0.843. The van der Waals surface area contributed by atoms with E-state index in [0.717, 1.165) is 10.0 Å². The molecule has 3 heteroatoms. The highest BCUT2D eigenvalue weighted by molar-refractivity contribution is 9.10. The van der Waals surface area contributed by atoms with E-state index < -0.39 is 0 Å². The molecule has 1 aliphatic carbocycles. The van der Waals surface area contributed by atoms with Crippen molar-refractivity contribution in [1.82, 2.24) is 5.32 Å². The van der Waals surface area contributed by atoms with Gasteiger partial charge in [-0.2, -0.15) is 0 Å². The Balaban J connectivity index is 2.02. The first kappa shape index (κ1) is 14.0. The molecule has 2 rings (SSSR count). The highest BCUT2D eigenvalue weighted by Gasteiger charge is 2.31. The minimum Gasteiger partial charge on any atom is -0.307 e. The molecule has 0 aliphatic heterocycles. The van der Waals surface area contributed by atoms with Crippen LogP contribution in [0.15, 0.2) is 22.7 Å². The highest BCUT2D eigenvalue weighted by Crippen LogP contribution is 2.38. The minimum atomic E-state index is -0.195. The molecule has 0 saturated heterocycles. The van der Waals surface area contributed by atoms with E-state index in [1.165, 1.54) is 31.4 Å². The van der Waals surface area contributed by atoms with E-state index in [1.54, 1.807) is 0 Å². The van der Waals surface area contributed by atoms with Gasteiger partial charge in [-0.1, -0.05) is 35.8 Å². The molecule has 18 heavy (non-hydrogen) atoms. The van der Waals surface area contributed by atoms with Gasteiger partial charge in [0.15, 0.2) is 0 Å². The third-order valence-electron chi connectivity index (χ3n) is 3.88. The minimum absolute atomic E-state index is 0.195. The maximum Gasteiger partial charge on any atom is 0.124 e. The molecule has 0 heterocycles. The van der Waals surface area contributed by atoms with Crippen LogP contribution in [-0.2, 0) is 0 Å². The second-order valence-electron chi connectivity index (χ2n) is 6.16. The fourth-order valence-corrected chi connectivity index (χ4v) is 3.57. The Morgan fingerprint density at radius 2 is 2.17 bits per heavy atom. The predicted molar refractivity (Wildman–Crippen MR) is 77.1 cm³/mol. The molecule has 0 spiro atoms. The molecule has 0 amide bonds. The molecule has 100 valence electrons. The van der Waals surface area contributed by atoms with Gasteiger partial charge in [-0.15, -0.1) is 0 Å². The van der Waals surface area contributed by atoms with Crippen LogP contribution in [0, 0.1) is 11.2 Å². The van der Waals surface area contributed by atoms with Crippen molar-refractivity contribution in [1.29, 1.82) is 0 Å². The normalized spacial score (nSPS) is 24.2. The number of rotatable bonds is 3. The summed E-state index contributed by atoms with van der Waals surface area (Å²) in [7, 11) is 0. The largest absolute Gasteiger partial charge is 0.307 e. The van der Waals surface area contributed by atoms with Gasteiger partial charge in [0.1, 0.15) is 5.82 Å². The van der Waals surface area contributed by atoms with Crippen molar-refractivity contribution in [2.45, 2.75) is 52.1 Å². The van der Waals surface area contributed by atoms with E-state index in [1.807, 2.05) is 6.07 Å². The van der Waals surface area contributed by atoms with Gasteiger partial charge in [0.05, 0.1) is 0 Å². The molecule has 1 aromatic carbocycles. The summed E-state index contributed by atoms with van der Waals surface area (Å²) in [6.07, 6.45) is 3.73. The monoisotopic (exact) mass is 313 g/mol. The van der Waals surface area contributed by atoms with Gasteiger partial charge in [-0.25, -0.2) is 4.39 Å². The third-order valence-corrected chi connectivity index (χ3v) is 4.57. The lowest BCUT2D eigenvalue weighted by Crippen LogP contribution is -2.30. The lowest BCUT2D eigenvalue weighted by Gasteiger charge is -2.22. The van der Waals surface area contributed by atoms with E-state index in [4.69, 9.17) is 0 Å². The zero-order valence-electron chi connectivity index (χ0n) is 11.3. The van der Waals surface area contributed by atoms with Gasteiger partial charge in [0, 0.05) is 16.6 Å². The average molecular weight is 314 g/mol. The van der Waals surface area contributed by atoms with Gasteiger partial charge >= 0.3 is 0 Å². The second-order valence-corrected chi connectivity index (χ2v) is 7.01. The summed E-state index contributed by atoms with van der Waals surface area (Å²) in [4.78, 5) is 0. The van der Waals surface area contributed by atoms with Crippen molar-refractivity contribution in [3.8, 4) is 0 Å². The zero-order chi connectivity index (χ0) is 13.3. The summed E-state index contributed by atoms with van der Waals surface area (Å²) in [6, 6.07) is 5.74. The van der Waals surface area contributed by atoms with Crippen molar-refractivity contribution in [2.75, 3.05) is 0 Å². The fraction of sp³-hybridized carbons (Fsp3) is 0.600. The van der Waals surface area contributed by atoms with E-state index in [2.05, 4.69) is 42.0 Å². The highest BCUT2D eigenvalue weighted by atomic mass is 79.9. The van der Waals surface area contributed by atoms with Gasteiger partial charge in [0.25, 0.3) is 0 Å². The van der Waals surface area contributed by atoms with Gasteiger partial charge in [-0.3, -0.25) is 0 Å². The van der Waals surface area contributed by atoms with E-state index in [-0.39, 0.29) is 11.9 Å². The summed E-state index contributed by atoms with van der Waals surface area (Å²) in [5.41, 5.74) is 1.58. The van der Waals surface area contributed by atoms with Crippen LogP contribution < -0.4 is 5.32 Å². The van der Waals surface area contributed by atoms with Gasteiger partial charge < -0.3 is 5.32 Å². The van der Waals surface area contributed by atoms with E-state index in [9.17, 15) is 4.39 Å². The summed E-state index contributed by atoms with van der Waals surface area (Å²) in [5.74, 6) is -0.195. The maximum absolute atomic E-state index is 13.1. The van der Waals surface area contributed by atoms with Crippen molar-refractivity contribution in [3.63, 3.8) is 0 Å². The first-order chi connectivity index (χ1) is 8.37. The van der Waals surface area contributed by atoms with Crippen molar-refractivity contribution >= 4 is 15.9 Å². The molecule has 2 unspecified atom stereocenters. The molecule has 0 aromatic heterocycles. The molecular weight excluding hydrogens is 293 g/mol. The smallest absolute Gasteiger partial charge is 0.124 e. The van der Waals surface area contributed by atoms with Crippen molar-refractivity contribution in [3.05, 3.63) is 34.1 Å². The number of nitrogens with one attached hydrogen (secondary N) is 1. The van der Waals surface area contributed by atoms with Gasteiger partial charge in [-0.05, 0) is 49.3 Å². The number of hydrogen-bond donors (Lipinski definition) is 1. The Hall–Kier alpha value is -0.410. The summed E-state index contributed by atoms with van der Waals surface area (Å²) >= 11 is 3.44. The molecule has 1 saturated carbocycles. The zero-order valence-corrected chi connectivity index (χ0v) is 12.8. The number of hydrogen-bond acceptors (Lipinski definition) is 1. The molecule has 0 radical (unpaired) electrons. The van der Waals surface area contributed by atoms with Crippen LogP contribution in [0.2, 0.25) is 0 Å². The summed E-state index contributed by atoms with van der Waals surface area (Å²) < 4.78 is 13.9. The molecule has 1 fully saturated rings. The number of benzene rings is 1. The fourth-order valence-electron chi connectivity index (χ4n) is 2.87. The maximum atomic E-state index is 13.1. The lowest BCUT2D eigenvalue weighted by atomic mass is 9.91. The first-order valence-corrected chi connectivity index (χ1v) is 7.38. The Labute approximate surface area is 117 Å². The van der Waals surface area contributed by atoms with Crippen LogP contribution in [-0.4, -0.2) is 6.04 Å². The lowest BCUT2D eigenvalue weighted by molar-refractivity contribution is 0.356. The number of halogens is 2. The van der Waals surface area contributed by atoms with E-state index in [0.29, 0.717) is 11.5 Å². The van der Waals surface area contributed by atoms with Crippen LogP contribution >= 0.6 is 15.9 Å². The molecule has 1 aliphatic rings. The predicted octanol–water partition coefficient (Wildman–Crippen LogP) is 4.82. The molecule has 1 nitrogen and oxygen atoms in total. The second kappa shape index (κ2) is 5.30. The molecule has 0 bridgehead atoms. The van der Waals surface area contributed by atoms with Crippen LogP contribution in [0.3, 0.4) is 0 Å². The standard InChI is InChI=1S/C15H21BrFN/c1-10(13-5-4-11(17)8-14(13)16)18-12-6-7-15(2,3)9-12/h4-5,8,10,12,18H,6-7,9H2,1-3H3. The molecular formula is C15H21BrFN. The first-order valence-electron chi connectivity index (χ1n) is 6.58. The summed E-state index contributed by atoms with van der Waals surface area (Å²) in [5, 5.41) is 3.66. The Morgan fingerprint density at radius 3 is 2.72 bits per heavy atom. The van der Waals surface area contributed by atoms with Crippen LogP contribution in [0.4, 0.5) is 4.39 Å². The Bertz CT molecular complexity index is 431. The Morgan fingerprint density at radius 1 is 1.44 bits per heavy atom. The van der Waals surface area contributed by atoms with Crippen LogP contribution in [0.5, 0.6) is 0 Å². The SMILES string of the molecule is CC(NC1CCC(C)(C)C1)c1ccc(F)cc1Br. The topological polar surface area (TPSA) is 12.0 Å². The van der Waals surface area contributed by atoms with Crippen LogP contribution in [0.25, 0.3) is 0 Å². The molecule has 1 N–H and O–H groups in total. The van der Waals surface area contributed by atoms with Gasteiger partial charge in [0.2, 0.25) is 0 Å². The third kappa shape index (κ3) is 3.33.